The van der Waals surface area contributed by atoms with E-state index < -0.39 is 0 Å². The zero-order valence-corrected chi connectivity index (χ0v) is 18.9. The number of ether oxygens (including phenoxy) is 2. The van der Waals surface area contributed by atoms with Gasteiger partial charge >= 0.3 is 5.97 Å². The van der Waals surface area contributed by atoms with Crippen LogP contribution >= 0.6 is 0 Å². The van der Waals surface area contributed by atoms with Gasteiger partial charge in [0.2, 0.25) is 0 Å². The summed E-state index contributed by atoms with van der Waals surface area (Å²) in [5.41, 5.74) is 1.50. The summed E-state index contributed by atoms with van der Waals surface area (Å²) in [7, 11) is 1.69. The van der Waals surface area contributed by atoms with Gasteiger partial charge in [-0.2, -0.15) is 5.26 Å². The number of nitrogens with zero attached hydrogens (tertiary/aromatic N) is 3. The molecule has 1 atom stereocenters. The quantitative estimate of drug-likeness (QED) is 0.270. The van der Waals surface area contributed by atoms with E-state index in [1.807, 2.05) is 19.1 Å². The molecule has 6 nitrogen and oxygen atoms in total. The van der Waals surface area contributed by atoms with Crippen LogP contribution in [0.3, 0.4) is 0 Å². The van der Waals surface area contributed by atoms with Gasteiger partial charge in [-0.05, 0) is 44.7 Å². The van der Waals surface area contributed by atoms with E-state index in [2.05, 4.69) is 34.6 Å². The van der Waals surface area contributed by atoms with Crippen molar-refractivity contribution in [2.75, 3.05) is 53.0 Å². The Bertz CT molecular complexity index is 765. The molecule has 0 aliphatic carbocycles. The maximum atomic E-state index is 11.5. The molecule has 0 aromatic carbocycles. The highest BCUT2D eigenvalue weighted by Gasteiger charge is 2.20. The number of methoxy groups -OCH3 is 1. The molecule has 2 heterocycles. The van der Waals surface area contributed by atoms with Gasteiger partial charge in [-0.25, -0.2) is 4.79 Å². The first-order valence-corrected chi connectivity index (χ1v) is 11.0. The summed E-state index contributed by atoms with van der Waals surface area (Å²) in [5, 5.41) is 8.71. The standard InChI is InChI=1S/C25H35N3O3/c1-4-24-23(20-31-25(24)29)10-6-8-13-27-15-17-28(18-16-27)14-11-22(9-5-7-12-26)19-21(2)30-3/h4-7,10,19,22H,1,8-9,11,13-18,20H2,2-3H3/b7-5+,10-6+,21-19+. The second-order valence-corrected chi connectivity index (χ2v) is 7.89. The Morgan fingerprint density at radius 2 is 1.97 bits per heavy atom. The summed E-state index contributed by atoms with van der Waals surface area (Å²) in [6.45, 7) is 12.4. The fourth-order valence-electron chi connectivity index (χ4n) is 3.81. The Balaban J connectivity index is 1.70. The smallest absolute Gasteiger partial charge is 0.338 e. The largest absolute Gasteiger partial charge is 0.502 e. The van der Waals surface area contributed by atoms with Crippen LogP contribution < -0.4 is 0 Å². The molecule has 6 heteroatoms. The van der Waals surface area contributed by atoms with Crippen molar-refractivity contribution in [3.05, 3.63) is 59.9 Å². The molecular weight excluding hydrogens is 390 g/mol. The molecule has 31 heavy (non-hydrogen) atoms. The van der Waals surface area contributed by atoms with E-state index in [1.165, 1.54) is 0 Å². The molecule has 1 unspecified atom stereocenters. The van der Waals surface area contributed by atoms with Crippen molar-refractivity contribution in [2.45, 2.75) is 26.2 Å². The van der Waals surface area contributed by atoms with E-state index in [0.29, 0.717) is 18.1 Å². The highest BCUT2D eigenvalue weighted by atomic mass is 16.5. The first kappa shape index (κ1) is 24.6. The number of hydrogen-bond donors (Lipinski definition) is 0. The third kappa shape index (κ3) is 8.56. The molecule has 2 rings (SSSR count). The molecule has 0 spiro atoms. The van der Waals surface area contributed by atoms with Gasteiger partial charge in [0.25, 0.3) is 0 Å². The van der Waals surface area contributed by atoms with E-state index in [0.717, 1.165) is 69.9 Å². The Morgan fingerprint density at radius 3 is 2.61 bits per heavy atom. The van der Waals surface area contributed by atoms with Crippen LogP contribution in [0, 0.1) is 17.2 Å². The van der Waals surface area contributed by atoms with Crippen molar-refractivity contribution in [1.82, 2.24) is 9.80 Å². The summed E-state index contributed by atoms with van der Waals surface area (Å²) in [6, 6.07) is 2.06. The molecule has 0 N–H and O–H groups in total. The number of esters is 1. The summed E-state index contributed by atoms with van der Waals surface area (Å²) in [4.78, 5) is 16.5. The van der Waals surface area contributed by atoms with Crippen molar-refractivity contribution >= 4 is 5.97 Å². The minimum atomic E-state index is -0.276. The number of carbonyl (C=O) groups is 1. The average molecular weight is 426 g/mol. The van der Waals surface area contributed by atoms with E-state index in [1.54, 1.807) is 19.3 Å². The second kappa shape index (κ2) is 13.6. The molecule has 2 aliphatic heterocycles. The maximum Gasteiger partial charge on any atom is 0.338 e. The van der Waals surface area contributed by atoms with Crippen LogP contribution in [-0.4, -0.2) is 68.8 Å². The summed E-state index contributed by atoms with van der Waals surface area (Å²) < 4.78 is 10.3. The number of nitriles is 1. The lowest BCUT2D eigenvalue weighted by Gasteiger charge is -2.35. The van der Waals surface area contributed by atoms with E-state index in [-0.39, 0.29) is 5.97 Å². The highest BCUT2D eigenvalue weighted by Crippen LogP contribution is 2.18. The predicted octanol–water partition coefficient (Wildman–Crippen LogP) is 3.62. The van der Waals surface area contributed by atoms with Gasteiger partial charge in [-0.1, -0.05) is 30.9 Å². The number of carbonyl (C=O) groups excluding carboxylic acids is 1. The van der Waals surface area contributed by atoms with Gasteiger partial charge < -0.3 is 19.3 Å². The molecule has 0 saturated carbocycles. The van der Waals surface area contributed by atoms with Gasteiger partial charge in [0.05, 0.1) is 24.5 Å². The number of hydrogen-bond acceptors (Lipinski definition) is 6. The minimum absolute atomic E-state index is 0.276. The first-order valence-electron chi connectivity index (χ1n) is 11.0. The molecule has 0 amide bonds. The molecule has 0 radical (unpaired) electrons. The average Bonchev–Trinajstić information content (AvgIpc) is 3.14. The second-order valence-electron chi connectivity index (χ2n) is 7.89. The molecule has 0 aromatic rings. The number of allylic oxidation sites excluding steroid dienone is 4. The van der Waals surface area contributed by atoms with Crippen LogP contribution in [0.25, 0.3) is 0 Å². The Morgan fingerprint density at radius 1 is 1.26 bits per heavy atom. The summed E-state index contributed by atoms with van der Waals surface area (Å²) >= 11 is 0. The Hall–Kier alpha value is -2.62. The SMILES string of the molecule is C=CC1=C(/C=C/CCN2CCN(CCC(/C=C(\C)OC)C/C=C/C#N)CC2)COC1=O. The van der Waals surface area contributed by atoms with Crippen LogP contribution in [0.15, 0.2) is 59.9 Å². The lowest BCUT2D eigenvalue weighted by Crippen LogP contribution is -2.46. The number of cyclic esters (lactones) is 1. The highest BCUT2D eigenvalue weighted by molar-refractivity contribution is 5.95. The van der Waals surface area contributed by atoms with Gasteiger partial charge in [-0.3, -0.25) is 0 Å². The number of piperazine rings is 1. The Labute approximate surface area is 186 Å². The van der Waals surface area contributed by atoms with Gasteiger partial charge in [0, 0.05) is 44.4 Å². The molecule has 0 bridgehead atoms. The van der Waals surface area contributed by atoms with Crippen LogP contribution in [0.5, 0.6) is 0 Å². The zero-order chi connectivity index (χ0) is 22.5. The van der Waals surface area contributed by atoms with Crippen LogP contribution in [0.1, 0.15) is 26.2 Å². The molecule has 1 fully saturated rings. The third-order valence-corrected chi connectivity index (χ3v) is 5.76. The van der Waals surface area contributed by atoms with Crippen molar-refractivity contribution in [3.63, 3.8) is 0 Å². The fourth-order valence-corrected chi connectivity index (χ4v) is 3.81. The third-order valence-electron chi connectivity index (χ3n) is 5.76. The normalized spacial score (nSPS) is 19.8. The monoisotopic (exact) mass is 425 g/mol. The van der Waals surface area contributed by atoms with Gasteiger partial charge in [-0.15, -0.1) is 0 Å². The van der Waals surface area contributed by atoms with Crippen LogP contribution in [-0.2, 0) is 14.3 Å². The van der Waals surface area contributed by atoms with Crippen molar-refractivity contribution < 1.29 is 14.3 Å². The maximum absolute atomic E-state index is 11.5. The lowest BCUT2D eigenvalue weighted by atomic mass is 9.99. The minimum Gasteiger partial charge on any atom is -0.502 e. The Kier molecular flexibility index (Phi) is 10.8. The fraction of sp³-hybridized carbons (Fsp3) is 0.520. The van der Waals surface area contributed by atoms with E-state index in [4.69, 9.17) is 14.7 Å². The predicted molar refractivity (Wildman–Crippen MR) is 123 cm³/mol. The van der Waals surface area contributed by atoms with Crippen molar-refractivity contribution in [2.24, 2.45) is 5.92 Å². The first-order chi connectivity index (χ1) is 15.1. The summed E-state index contributed by atoms with van der Waals surface area (Å²) in [5.74, 6) is 1.04. The molecule has 0 aromatic heterocycles. The zero-order valence-electron chi connectivity index (χ0n) is 18.9. The lowest BCUT2D eigenvalue weighted by molar-refractivity contribution is -0.135. The number of rotatable bonds is 12. The van der Waals surface area contributed by atoms with E-state index in [9.17, 15) is 4.79 Å². The van der Waals surface area contributed by atoms with Crippen molar-refractivity contribution in [1.29, 1.82) is 5.26 Å². The molecular formula is C25H35N3O3. The molecule has 168 valence electrons. The van der Waals surface area contributed by atoms with Crippen LogP contribution in [0.4, 0.5) is 0 Å². The van der Waals surface area contributed by atoms with E-state index >= 15 is 0 Å². The van der Waals surface area contributed by atoms with Gasteiger partial charge in [0.1, 0.15) is 6.61 Å². The van der Waals surface area contributed by atoms with Crippen molar-refractivity contribution in [3.8, 4) is 6.07 Å². The molecule has 2 aliphatic rings. The topological polar surface area (TPSA) is 65.8 Å². The molecule has 1 saturated heterocycles. The van der Waals surface area contributed by atoms with Crippen LogP contribution in [0.2, 0.25) is 0 Å². The van der Waals surface area contributed by atoms with Gasteiger partial charge in [0.15, 0.2) is 0 Å². The summed E-state index contributed by atoms with van der Waals surface area (Å²) in [6.07, 6.45) is 14.2.